The fourth-order valence-electron chi connectivity index (χ4n) is 1.83. The standard InChI is InChI=1S/C17H20BrNS/c1-13(2)11-19-12-14-7-9-15(10-8-14)20-17-6-4-3-5-16(17)18/h3-10,13,19H,11-12H2,1-2H3. The average Bonchev–Trinajstić information content (AvgIpc) is 2.43. The molecule has 106 valence electrons. The number of hydrogen-bond acceptors (Lipinski definition) is 2. The molecule has 3 heteroatoms. The van der Waals surface area contributed by atoms with Gasteiger partial charge in [-0.05, 0) is 58.2 Å². The van der Waals surface area contributed by atoms with Crippen LogP contribution < -0.4 is 5.32 Å². The molecule has 0 unspecified atom stereocenters. The normalized spacial score (nSPS) is 11.0. The van der Waals surface area contributed by atoms with Gasteiger partial charge in [0.25, 0.3) is 0 Å². The number of nitrogens with one attached hydrogen (secondary N) is 1. The summed E-state index contributed by atoms with van der Waals surface area (Å²) in [4.78, 5) is 2.52. The summed E-state index contributed by atoms with van der Waals surface area (Å²) >= 11 is 5.37. The number of halogens is 1. The predicted molar refractivity (Wildman–Crippen MR) is 91.3 cm³/mol. The van der Waals surface area contributed by atoms with E-state index in [2.05, 4.69) is 77.6 Å². The van der Waals surface area contributed by atoms with E-state index < -0.39 is 0 Å². The summed E-state index contributed by atoms with van der Waals surface area (Å²) < 4.78 is 1.15. The van der Waals surface area contributed by atoms with E-state index in [1.807, 2.05) is 6.07 Å². The van der Waals surface area contributed by atoms with Crippen LogP contribution in [-0.2, 0) is 6.54 Å². The minimum atomic E-state index is 0.695. The fourth-order valence-corrected chi connectivity index (χ4v) is 3.20. The Hall–Kier alpha value is -0.770. The fraction of sp³-hybridized carbons (Fsp3) is 0.294. The van der Waals surface area contributed by atoms with E-state index in [1.54, 1.807) is 11.8 Å². The zero-order chi connectivity index (χ0) is 14.4. The quantitative estimate of drug-likeness (QED) is 0.754. The molecule has 0 saturated heterocycles. The highest BCUT2D eigenvalue weighted by Crippen LogP contribution is 2.33. The lowest BCUT2D eigenvalue weighted by Crippen LogP contribution is -2.18. The molecule has 2 rings (SSSR count). The first-order valence-corrected chi connectivity index (χ1v) is 8.48. The zero-order valence-electron chi connectivity index (χ0n) is 11.9. The Morgan fingerprint density at radius 1 is 1.05 bits per heavy atom. The van der Waals surface area contributed by atoms with Crippen LogP contribution in [0, 0.1) is 5.92 Å². The van der Waals surface area contributed by atoms with Gasteiger partial charge in [0, 0.05) is 20.8 Å². The molecule has 0 aromatic heterocycles. The van der Waals surface area contributed by atoms with Gasteiger partial charge in [-0.1, -0.05) is 49.9 Å². The lowest BCUT2D eigenvalue weighted by Gasteiger charge is -2.08. The molecule has 0 bridgehead atoms. The number of hydrogen-bond donors (Lipinski definition) is 1. The highest BCUT2D eigenvalue weighted by Gasteiger charge is 2.02. The molecule has 0 saturated carbocycles. The molecule has 0 aliphatic carbocycles. The van der Waals surface area contributed by atoms with Gasteiger partial charge in [0.15, 0.2) is 0 Å². The lowest BCUT2D eigenvalue weighted by atomic mass is 10.2. The molecular formula is C17H20BrNS. The Labute approximate surface area is 134 Å². The molecule has 0 aliphatic rings. The maximum absolute atomic E-state index is 3.59. The van der Waals surface area contributed by atoms with Crippen molar-refractivity contribution < 1.29 is 0 Å². The second-order valence-corrected chi connectivity index (χ2v) is 7.17. The molecule has 1 nitrogen and oxygen atoms in total. The summed E-state index contributed by atoms with van der Waals surface area (Å²) in [5.41, 5.74) is 1.34. The van der Waals surface area contributed by atoms with Crippen molar-refractivity contribution in [3.05, 3.63) is 58.6 Å². The van der Waals surface area contributed by atoms with Gasteiger partial charge < -0.3 is 5.32 Å². The van der Waals surface area contributed by atoms with Crippen molar-refractivity contribution in [1.82, 2.24) is 5.32 Å². The molecular weight excluding hydrogens is 330 g/mol. The first-order chi connectivity index (χ1) is 9.65. The molecule has 0 aliphatic heterocycles. The van der Waals surface area contributed by atoms with Crippen LogP contribution in [-0.4, -0.2) is 6.54 Å². The van der Waals surface area contributed by atoms with Crippen molar-refractivity contribution in [2.75, 3.05) is 6.54 Å². The van der Waals surface area contributed by atoms with Crippen molar-refractivity contribution in [3.8, 4) is 0 Å². The van der Waals surface area contributed by atoms with Crippen molar-refractivity contribution >= 4 is 27.7 Å². The summed E-state index contributed by atoms with van der Waals surface area (Å²) in [5, 5.41) is 3.47. The molecule has 0 amide bonds. The molecule has 0 fully saturated rings. The molecule has 0 radical (unpaired) electrons. The van der Waals surface area contributed by atoms with Crippen LogP contribution in [0.2, 0.25) is 0 Å². The number of rotatable bonds is 6. The average molecular weight is 350 g/mol. The van der Waals surface area contributed by atoms with E-state index in [0.717, 1.165) is 17.6 Å². The third-order valence-electron chi connectivity index (χ3n) is 2.87. The van der Waals surface area contributed by atoms with Gasteiger partial charge in [0.1, 0.15) is 0 Å². The van der Waals surface area contributed by atoms with Gasteiger partial charge in [-0.25, -0.2) is 0 Å². The van der Waals surface area contributed by atoms with Gasteiger partial charge in [-0.3, -0.25) is 0 Å². The summed E-state index contributed by atoms with van der Waals surface area (Å²) in [5.74, 6) is 0.695. The van der Waals surface area contributed by atoms with Gasteiger partial charge >= 0.3 is 0 Å². The van der Waals surface area contributed by atoms with E-state index in [-0.39, 0.29) is 0 Å². The van der Waals surface area contributed by atoms with E-state index in [9.17, 15) is 0 Å². The molecule has 0 spiro atoms. The van der Waals surface area contributed by atoms with Crippen molar-refractivity contribution in [1.29, 1.82) is 0 Å². The van der Waals surface area contributed by atoms with Crippen LogP contribution in [0.15, 0.2) is 62.8 Å². The topological polar surface area (TPSA) is 12.0 Å². The maximum Gasteiger partial charge on any atom is 0.0314 e. The maximum atomic E-state index is 3.59. The van der Waals surface area contributed by atoms with Crippen molar-refractivity contribution in [2.45, 2.75) is 30.2 Å². The second kappa shape index (κ2) is 7.87. The molecule has 2 aromatic rings. The molecule has 0 heterocycles. The number of benzene rings is 2. The Morgan fingerprint density at radius 2 is 1.75 bits per heavy atom. The van der Waals surface area contributed by atoms with E-state index >= 15 is 0 Å². The lowest BCUT2D eigenvalue weighted by molar-refractivity contribution is 0.552. The first kappa shape index (κ1) is 15.6. The first-order valence-electron chi connectivity index (χ1n) is 6.87. The minimum absolute atomic E-state index is 0.695. The van der Waals surface area contributed by atoms with Crippen molar-refractivity contribution in [3.63, 3.8) is 0 Å². The highest BCUT2D eigenvalue weighted by molar-refractivity contribution is 9.10. The van der Waals surface area contributed by atoms with Crippen molar-refractivity contribution in [2.24, 2.45) is 5.92 Å². The van der Waals surface area contributed by atoms with Crippen LogP contribution in [0.3, 0.4) is 0 Å². The Morgan fingerprint density at radius 3 is 2.40 bits per heavy atom. The summed E-state index contributed by atoms with van der Waals surface area (Å²) in [7, 11) is 0. The third-order valence-corrected chi connectivity index (χ3v) is 4.91. The molecule has 0 atom stereocenters. The van der Waals surface area contributed by atoms with Crippen LogP contribution >= 0.6 is 27.7 Å². The largest absolute Gasteiger partial charge is 0.312 e. The minimum Gasteiger partial charge on any atom is -0.312 e. The van der Waals surface area contributed by atoms with Gasteiger partial charge in [-0.2, -0.15) is 0 Å². The Bertz CT molecular complexity index is 537. The second-order valence-electron chi connectivity index (χ2n) is 5.20. The SMILES string of the molecule is CC(C)CNCc1ccc(Sc2ccccc2Br)cc1. The van der Waals surface area contributed by atoms with E-state index in [1.165, 1.54) is 15.4 Å². The van der Waals surface area contributed by atoms with E-state index in [0.29, 0.717) is 5.92 Å². The van der Waals surface area contributed by atoms with Gasteiger partial charge in [-0.15, -0.1) is 0 Å². The van der Waals surface area contributed by atoms with Gasteiger partial charge in [0.2, 0.25) is 0 Å². The van der Waals surface area contributed by atoms with Crippen LogP contribution in [0.5, 0.6) is 0 Å². The van der Waals surface area contributed by atoms with Crippen LogP contribution in [0.1, 0.15) is 19.4 Å². The summed E-state index contributed by atoms with van der Waals surface area (Å²) in [6.07, 6.45) is 0. The van der Waals surface area contributed by atoms with Crippen LogP contribution in [0.25, 0.3) is 0 Å². The summed E-state index contributed by atoms with van der Waals surface area (Å²) in [6.45, 7) is 6.46. The molecule has 20 heavy (non-hydrogen) atoms. The molecule has 2 aromatic carbocycles. The Balaban J connectivity index is 1.93. The van der Waals surface area contributed by atoms with Gasteiger partial charge in [0.05, 0.1) is 0 Å². The zero-order valence-corrected chi connectivity index (χ0v) is 14.3. The summed E-state index contributed by atoms with van der Waals surface area (Å²) in [6, 6.07) is 17.1. The third kappa shape index (κ3) is 4.97. The van der Waals surface area contributed by atoms with E-state index in [4.69, 9.17) is 0 Å². The van der Waals surface area contributed by atoms with Crippen LogP contribution in [0.4, 0.5) is 0 Å². The smallest absolute Gasteiger partial charge is 0.0314 e. The Kier molecular flexibility index (Phi) is 6.14. The molecule has 1 N–H and O–H groups in total. The predicted octanol–water partition coefficient (Wildman–Crippen LogP) is 5.35. The monoisotopic (exact) mass is 349 g/mol. The highest BCUT2D eigenvalue weighted by atomic mass is 79.9.